The van der Waals surface area contributed by atoms with Gasteiger partial charge in [0.1, 0.15) is 6.04 Å². The molecule has 4 heteroatoms. The third-order valence-corrected chi connectivity index (χ3v) is 4.23. The van der Waals surface area contributed by atoms with Crippen LogP contribution in [0.3, 0.4) is 0 Å². The van der Waals surface area contributed by atoms with Crippen molar-refractivity contribution in [2.75, 3.05) is 0 Å². The van der Waals surface area contributed by atoms with Gasteiger partial charge in [0.2, 0.25) is 11.8 Å². The molecule has 1 aromatic rings. The zero-order valence-corrected chi connectivity index (χ0v) is 15.1. The van der Waals surface area contributed by atoms with Gasteiger partial charge < -0.3 is 10.2 Å². The van der Waals surface area contributed by atoms with Gasteiger partial charge >= 0.3 is 0 Å². The second-order valence-electron chi connectivity index (χ2n) is 6.19. The lowest BCUT2D eigenvalue weighted by atomic mass is 10.1. The van der Waals surface area contributed by atoms with E-state index in [1.807, 2.05) is 58.9 Å². The highest BCUT2D eigenvalue weighted by Crippen LogP contribution is 2.15. The zero-order valence-electron chi connectivity index (χ0n) is 15.1. The van der Waals surface area contributed by atoms with Gasteiger partial charge in [-0.1, -0.05) is 38.1 Å². The zero-order chi connectivity index (χ0) is 17.4. The van der Waals surface area contributed by atoms with Crippen LogP contribution in [0.15, 0.2) is 24.3 Å². The Hall–Kier alpha value is -1.84. The van der Waals surface area contributed by atoms with Crippen molar-refractivity contribution in [3.05, 3.63) is 35.4 Å². The fraction of sp³-hybridized carbons (Fsp3) is 0.579. The molecule has 1 rings (SSSR count). The molecule has 0 spiro atoms. The number of carbonyl (C=O) groups is 2. The summed E-state index contributed by atoms with van der Waals surface area (Å²) in [7, 11) is 0. The number of hydrogen-bond acceptors (Lipinski definition) is 2. The summed E-state index contributed by atoms with van der Waals surface area (Å²) in [6.45, 7) is 10.3. The number of rotatable bonds is 8. The number of benzene rings is 1. The molecule has 0 fully saturated rings. The van der Waals surface area contributed by atoms with Crippen molar-refractivity contribution in [3.63, 3.8) is 0 Å². The first kappa shape index (κ1) is 19.2. The highest BCUT2D eigenvalue weighted by molar-refractivity contribution is 5.87. The summed E-state index contributed by atoms with van der Waals surface area (Å²) >= 11 is 0. The van der Waals surface area contributed by atoms with Crippen molar-refractivity contribution in [2.45, 2.75) is 72.5 Å². The number of nitrogens with zero attached hydrogens (tertiary/aromatic N) is 1. The maximum absolute atomic E-state index is 12.5. The average molecular weight is 318 g/mol. The van der Waals surface area contributed by atoms with Crippen LogP contribution in [0.2, 0.25) is 0 Å². The van der Waals surface area contributed by atoms with E-state index in [2.05, 4.69) is 5.32 Å². The smallest absolute Gasteiger partial charge is 0.242 e. The van der Waals surface area contributed by atoms with Crippen LogP contribution in [-0.2, 0) is 16.1 Å². The molecule has 23 heavy (non-hydrogen) atoms. The predicted molar refractivity (Wildman–Crippen MR) is 94.0 cm³/mol. The van der Waals surface area contributed by atoms with Gasteiger partial charge in [0.25, 0.3) is 0 Å². The van der Waals surface area contributed by atoms with E-state index < -0.39 is 6.04 Å². The van der Waals surface area contributed by atoms with E-state index in [9.17, 15) is 9.59 Å². The molecule has 0 aliphatic heterocycles. The largest absolute Gasteiger partial charge is 0.352 e. The average Bonchev–Trinajstić information content (AvgIpc) is 2.53. The second-order valence-corrected chi connectivity index (χ2v) is 6.19. The molecule has 2 amide bonds. The van der Waals surface area contributed by atoms with Crippen LogP contribution in [-0.4, -0.2) is 28.8 Å². The Morgan fingerprint density at radius 2 is 1.83 bits per heavy atom. The fourth-order valence-corrected chi connectivity index (χ4v) is 2.38. The van der Waals surface area contributed by atoms with E-state index in [1.165, 1.54) is 0 Å². The number of amides is 2. The minimum Gasteiger partial charge on any atom is -0.352 e. The van der Waals surface area contributed by atoms with Crippen molar-refractivity contribution >= 4 is 11.8 Å². The first-order valence-electron chi connectivity index (χ1n) is 8.55. The van der Waals surface area contributed by atoms with E-state index in [-0.39, 0.29) is 17.9 Å². The van der Waals surface area contributed by atoms with E-state index in [4.69, 9.17) is 0 Å². The van der Waals surface area contributed by atoms with E-state index in [1.54, 1.807) is 4.90 Å². The Morgan fingerprint density at radius 3 is 2.39 bits per heavy atom. The van der Waals surface area contributed by atoms with Gasteiger partial charge in [-0.2, -0.15) is 0 Å². The molecular weight excluding hydrogens is 288 g/mol. The molecule has 1 N–H and O–H groups in total. The van der Waals surface area contributed by atoms with E-state index in [0.29, 0.717) is 13.0 Å². The second kappa shape index (κ2) is 9.33. The highest BCUT2D eigenvalue weighted by Gasteiger charge is 2.26. The summed E-state index contributed by atoms with van der Waals surface area (Å²) in [6.07, 6.45) is 2.12. The molecule has 4 nitrogen and oxygen atoms in total. The number of hydrogen-bond donors (Lipinski definition) is 1. The predicted octanol–water partition coefficient (Wildman–Crippen LogP) is 3.43. The maximum atomic E-state index is 12.5. The molecule has 0 saturated heterocycles. The molecule has 2 atom stereocenters. The van der Waals surface area contributed by atoms with Crippen molar-refractivity contribution in [2.24, 2.45) is 0 Å². The van der Waals surface area contributed by atoms with Gasteiger partial charge in [-0.3, -0.25) is 9.59 Å². The van der Waals surface area contributed by atoms with Crippen LogP contribution in [0.1, 0.15) is 58.1 Å². The number of aryl methyl sites for hydroxylation is 1. The topological polar surface area (TPSA) is 49.4 Å². The summed E-state index contributed by atoms with van der Waals surface area (Å²) in [4.78, 5) is 26.6. The third kappa shape index (κ3) is 5.70. The van der Waals surface area contributed by atoms with Crippen LogP contribution < -0.4 is 5.32 Å². The molecule has 1 aromatic carbocycles. The quantitative estimate of drug-likeness (QED) is 0.798. The standard InChI is InChI=1S/C19H30N2O2/c1-6-10-18(22)21(13-17-12-9-8-11-14(17)3)16(5)19(23)20-15(4)7-2/h8-9,11-12,15-16H,6-7,10,13H2,1-5H3,(H,20,23)/t15-,16+/m0/s1. The number of nitrogens with one attached hydrogen (secondary N) is 1. The van der Waals surface area contributed by atoms with Crippen LogP contribution in [0.25, 0.3) is 0 Å². The van der Waals surface area contributed by atoms with Crippen LogP contribution >= 0.6 is 0 Å². The van der Waals surface area contributed by atoms with Gasteiger partial charge in [-0.05, 0) is 44.7 Å². The summed E-state index contributed by atoms with van der Waals surface area (Å²) in [6, 6.07) is 7.64. The number of carbonyl (C=O) groups excluding carboxylic acids is 2. The van der Waals surface area contributed by atoms with Crippen LogP contribution in [0, 0.1) is 6.92 Å². The maximum Gasteiger partial charge on any atom is 0.242 e. The Morgan fingerprint density at radius 1 is 1.17 bits per heavy atom. The van der Waals surface area contributed by atoms with Gasteiger partial charge in [0, 0.05) is 19.0 Å². The van der Waals surface area contributed by atoms with Crippen molar-refractivity contribution < 1.29 is 9.59 Å². The lowest BCUT2D eigenvalue weighted by Crippen LogP contribution is -2.49. The summed E-state index contributed by atoms with van der Waals surface area (Å²) in [5.41, 5.74) is 2.22. The molecule has 128 valence electrons. The van der Waals surface area contributed by atoms with Crippen molar-refractivity contribution in [3.8, 4) is 0 Å². The summed E-state index contributed by atoms with van der Waals surface area (Å²) in [5.74, 6) is -0.0556. The third-order valence-electron chi connectivity index (χ3n) is 4.23. The first-order chi connectivity index (χ1) is 10.9. The molecule has 0 heterocycles. The molecule has 0 bridgehead atoms. The van der Waals surface area contributed by atoms with Gasteiger partial charge in [0.05, 0.1) is 0 Å². The van der Waals surface area contributed by atoms with Gasteiger partial charge in [0.15, 0.2) is 0 Å². The van der Waals surface area contributed by atoms with Gasteiger partial charge in [-0.15, -0.1) is 0 Å². The lowest BCUT2D eigenvalue weighted by Gasteiger charge is -2.30. The molecule has 0 aliphatic carbocycles. The molecule has 0 aromatic heterocycles. The normalized spacial score (nSPS) is 13.3. The van der Waals surface area contributed by atoms with Gasteiger partial charge in [-0.25, -0.2) is 0 Å². The van der Waals surface area contributed by atoms with Crippen LogP contribution in [0.4, 0.5) is 0 Å². The first-order valence-corrected chi connectivity index (χ1v) is 8.55. The summed E-state index contributed by atoms with van der Waals surface area (Å²) in [5, 5.41) is 2.97. The SMILES string of the molecule is CCCC(=O)N(Cc1ccccc1C)[C@H](C)C(=O)N[C@@H](C)CC. The molecular formula is C19H30N2O2. The van der Waals surface area contributed by atoms with E-state index in [0.717, 1.165) is 24.0 Å². The van der Waals surface area contributed by atoms with E-state index >= 15 is 0 Å². The minimum absolute atomic E-state index is 0.0301. The minimum atomic E-state index is -0.470. The lowest BCUT2D eigenvalue weighted by molar-refractivity contribution is -0.140. The van der Waals surface area contributed by atoms with Crippen molar-refractivity contribution in [1.29, 1.82) is 0 Å². The highest BCUT2D eigenvalue weighted by atomic mass is 16.2. The molecule has 0 aliphatic rings. The molecule has 0 radical (unpaired) electrons. The van der Waals surface area contributed by atoms with Crippen molar-refractivity contribution in [1.82, 2.24) is 10.2 Å². The molecule has 0 saturated carbocycles. The summed E-state index contributed by atoms with van der Waals surface area (Å²) < 4.78 is 0. The monoisotopic (exact) mass is 318 g/mol. The Labute approximate surface area is 140 Å². The fourth-order valence-electron chi connectivity index (χ4n) is 2.38. The Balaban J connectivity index is 2.94. The Kier molecular flexibility index (Phi) is 7.79. The van der Waals surface area contributed by atoms with Crippen LogP contribution in [0.5, 0.6) is 0 Å². The molecule has 0 unspecified atom stereocenters. The Bertz CT molecular complexity index is 528.